The number of hydrogen-bond donors (Lipinski definition) is 2. The van der Waals surface area contributed by atoms with Gasteiger partial charge in [-0.05, 0) is 97.7 Å². The Labute approximate surface area is 161 Å². The summed E-state index contributed by atoms with van der Waals surface area (Å²) in [7, 11) is 0. The molecule has 26 heavy (non-hydrogen) atoms. The summed E-state index contributed by atoms with van der Waals surface area (Å²) >= 11 is 0. The van der Waals surface area contributed by atoms with Crippen LogP contribution in [0.15, 0.2) is 0 Å². The molecule has 0 aromatic rings. The summed E-state index contributed by atoms with van der Waals surface area (Å²) in [4.78, 5) is 0. The lowest BCUT2D eigenvalue weighted by molar-refractivity contribution is -0.174. The zero-order valence-electron chi connectivity index (χ0n) is 17.6. The normalized spacial score (nSPS) is 54.9. The van der Waals surface area contributed by atoms with Gasteiger partial charge in [0.1, 0.15) is 0 Å². The van der Waals surface area contributed by atoms with Crippen LogP contribution in [0.5, 0.6) is 0 Å². The van der Waals surface area contributed by atoms with Gasteiger partial charge in [0, 0.05) is 0 Å². The summed E-state index contributed by atoms with van der Waals surface area (Å²) in [5.74, 6) is 4.15. The van der Waals surface area contributed by atoms with E-state index in [1.807, 2.05) is 0 Å². The molecule has 0 bridgehead atoms. The highest BCUT2D eigenvalue weighted by Crippen LogP contribution is 2.68. The van der Waals surface area contributed by atoms with Crippen molar-refractivity contribution in [1.29, 1.82) is 0 Å². The van der Waals surface area contributed by atoms with Crippen LogP contribution in [0.3, 0.4) is 0 Å². The second kappa shape index (κ2) is 6.76. The Hall–Kier alpha value is -0.0800. The summed E-state index contributed by atoms with van der Waals surface area (Å²) < 4.78 is 0. The van der Waals surface area contributed by atoms with Crippen molar-refractivity contribution in [3.8, 4) is 0 Å². The first-order chi connectivity index (χ1) is 12.3. The number of aliphatic hydroxyl groups is 2. The smallest absolute Gasteiger partial charge is 0.0577 e. The highest BCUT2D eigenvalue weighted by molar-refractivity contribution is 5.11. The van der Waals surface area contributed by atoms with Crippen LogP contribution < -0.4 is 0 Å². The molecule has 2 heteroatoms. The Morgan fingerprint density at radius 1 is 0.923 bits per heavy atom. The fourth-order valence-electron chi connectivity index (χ4n) is 8.83. The van der Waals surface area contributed by atoms with Gasteiger partial charge < -0.3 is 10.2 Å². The summed E-state index contributed by atoms with van der Waals surface area (Å²) in [6.07, 6.45) is 11.8. The Balaban J connectivity index is 1.61. The molecule has 0 amide bonds. The van der Waals surface area contributed by atoms with Gasteiger partial charge in [0.15, 0.2) is 0 Å². The van der Waals surface area contributed by atoms with Crippen molar-refractivity contribution in [1.82, 2.24) is 0 Å². The zero-order chi connectivity index (χ0) is 18.7. The van der Waals surface area contributed by atoms with Crippen molar-refractivity contribution in [3.05, 3.63) is 0 Å². The van der Waals surface area contributed by atoms with Crippen LogP contribution in [0.25, 0.3) is 0 Å². The van der Waals surface area contributed by atoms with E-state index in [1.54, 1.807) is 0 Å². The molecule has 0 aliphatic heterocycles. The van der Waals surface area contributed by atoms with E-state index in [4.69, 9.17) is 0 Å². The Morgan fingerprint density at radius 3 is 2.35 bits per heavy atom. The van der Waals surface area contributed by atoms with E-state index < -0.39 is 0 Å². The van der Waals surface area contributed by atoms with Gasteiger partial charge in [-0.15, -0.1) is 0 Å². The number of rotatable bonds is 3. The van der Waals surface area contributed by atoms with Crippen molar-refractivity contribution in [2.24, 2.45) is 46.3 Å². The van der Waals surface area contributed by atoms with E-state index in [2.05, 4.69) is 27.7 Å². The van der Waals surface area contributed by atoms with Gasteiger partial charge in [0.25, 0.3) is 0 Å². The average molecular weight is 363 g/mol. The molecule has 4 fully saturated rings. The monoisotopic (exact) mass is 362 g/mol. The molecule has 4 aliphatic rings. The lowest BCUT2D eigenvalue weighted by Crippen LogP contribution is -2.58. The maximum absolute atomic E-state index is 11.3. The Morgan fingerprint density at radius 2 is 1.62 bits per heavy atom. The number of aliphatic hydroxyl groups excluding tert-OH is 2. The molecular weight excluding hydrogens is 320 g/mol. The van der Waals surface area contributed by atoms with Crippen LogP contribution in [-0.4, -0.2) is 22.4 Å². The minimum atomic E-state index is -0.131. The molecule has 150 valence electrons. The molecule has 4 rings (SSSR count). The second-order valence-electron chi connectivity index (χ2n) is 11.2. The SMILES string of the molecule is CCC[C@@H](C)C1CC[C@H]2[C@@H]3[C@H](O)C[C@@H]4C[C@H](O)CC[C@]4(C)[C@H]3CC[C@]12C. The quantitative estimate of drug-likeness (QED) is 0.704. The van der Waals surface area contributed by atoms with Crippen LogP contribution >= 0.6 is 0 Å². The maximum atomic E-state index is 11.3. The largest absolute Gasteiger partial charge is 0.393 e. The van der Waals surface area contributed by atoms with E-state index >= 15 is 0 Å². The Kier molecular flexibility index (Phi) is 5.01. The molecule has 2 N–H and O–H groups in total. The van der Waals surface area contributed by atoms with Crippen LogP contribution in [0.4, 0.5) is 0 Å². The Bertz CT molecular complexity index is 518. The van der Waals surface area contributed by atoms with Gasteiger partial charge >= 0.3 is 0 Å². The van der Waals surface area contributed by atoms with E-state index in [9.17, 15) is 10.2 Å². The predicted octanol–water partition coefficient (Wildman–Crippen LogP) is 5.41. The summed E-state index contributed by atoms with van der Waals surface area (Å²) in [6.45, 7) is 9.92. The molecule has 2 nitrogen and oxygen atoms in total. The van der Waals surface area contributed by atoms with Crippen LogP contribution in [0, 0.1) is 46.3 Å². The molecule has 0 aromatic carbocycles. The van der Waals surface area contributed by atoms with Gasteiger partial charge in [-0.1, -0.05) is 40.5 Å². The standard InChI is InChI=1S/C24H42O2/c1-5-6-15(2)18-7-8-19-22-20(10-12-24(18,19)4)23(3)11-9-17(25)13-16(23)14-21(22)26/h15-22,25-26H,5-14H2,1-4H3/t15-,16+,17-,18?,19+,20+,21-,22+,23+,24-/m1/s1. The predicted molar refractivity (Wildman–Crippen MR) is 107 cm³/mol. The van der Waals surface area contributed by atoms with Crippen LogP contribution in [0.2, 0.25) is 0 Å². The summed E-state index contributed by atoms with van der Waals surface area (Å²) in [5, 5.41) is 21.5. The third kappa shape index (κ3) is 2.72. The molecule has 0 aromatic heterocycles. The van der Waals surface area contributed by atoms with Gasteiger partial charge in [-0.3, -0.25) is 0 Å². The lowest BCUT2D eigenvalue weighted by Gasteiger charge is -2.62. The van der Waals surface area contributed by atoms with Gasteiger partial charge in [0.2, 0.25) is 0 Å². The molecule has 4 aliphatic carbocycles. The molecule has 0 spiro atoms. The molecule has 1 unspecified atom stereocenters. The van der Waals surface area contributed by atoms with E-state index in [0.29, 0.717) is 28.6 Å². The second-order valence-corrected chi connectivity index (χ2v) is 11.2. The summed E-state index contributed by atoms with van der Waals surface area (Å²) in [5.41, 5.74) is 0.811. The molecule has 10 atom stereocenters. The van der Waals surface area contributed by atoms with Gasteiger partial charge in [-0.2, -0.15) is 0 Å². The molecule has 0 heterocycles. The topological polar surface area (TPSA) is 40.5 Å². The highest BCUT2D eigenvalue weighted by Gasteiger charge is 2.62. The highest BCUT2D eigenvalue weighted by atomic mass is 16.3. The minimum Gasteiger partial charge on any atom is -0.393 e. The van der Waals surface area contributed by atoms with Crippen LogP contribution in [-0.2, 0) is 0 Å². The average Bonchev–Trinajstić information content (AvgIpc) is 2.94. The minimum absolute atomic E-state index is 0.128. The first kappa shape index (κ1) is 19.2. The lowest BCUT2D eigenvalue weighted by atomic mass is 9.43. The van der Waals surface area contributed by atoms with Crippen molar-refractivity contribution >= 4 is 0 Å². The molecule has 4 saturated carbocycles. The van der Waals surface area contributed by atoms with Gasteiger partial charge in [-0.25, -0.2) is 0 Å². The first-order valence-corrected chi connectivity index (χ1v) is 11.7. The van der Waals surface area contributed by atoms with Crippen molar-refractivity contribution in [2.45, 2.75) is 104 Å². The number of fused-ring (bicyclic) bond motifs is 5. The number of hydrogen-bond acceptors (Lipinski definition) is 2. The van der Waals surface area contributed by atoms with Gasteiger partial charge in [0.05, 0.1) is 12.2 Å². The molecule has 0 radical (unpaired) electrons. The fourth-order valence-corrected chi connectivity index (χ4v) is 8.83. The molecular formula is C24H42O2. The van der Waals surface area contributed by atoms with E-state index in [0.717, 1.165) is 37.0 Å². The molecule has 0 saturated heterocycles. The third-order valence-corrected chi connectivity index (χ3v) is 10.2. The van der Waals surface area contributed by atoms with Crippen LogP contribution in [0.1, 0.15) is 91.9 Å². The summed E-state index contributed by atoms with van der Waals surface area (Å²) in [6, 6.07) is 0. The first-order valence-electron chi connectivity index (χ1n) is 11.7. The van der Waals surface area contributed by atoms with Crippen molar-refractivity contribution in [3.63, 3.8) is 0 Å². The third-order valence-electron chi connectivity index (χ3n) is 10.2. The van der Waals surface area contributed by atoms with Crippen molar-refractivity contribution < 1.29 is 10.2 Å². The fraction of sp³-hybridized carbons (Fsp3) is 1.00. The van der Waals surface area contributed by atoms with E-state index in [1.165, 1.54) is 44.9 Å². The van der Waals surface area contributed by atoms with Crippen molar-refractivity contribution in [2.75, 3.05) is 0 Å². The van der Waals surface area contributed by atoms with E-state index in [-0.39, 0.29) is 12.2 Å². The zero-order valence-corrected chi connectivity index (χ0v) is 17.6. The maximum Gasteiger partial charge on any atom is 0.0577 e.